The highest BCUT2D eigenvalue weighted by Gasteiger charge is 2.30. The van der Waals surface area contributed by atoms with Gasteiger partial charge in [-0.15, -0.1) is 0 Å². The van der Waals surface area contributed by atoms with Gasteiger partial charge in [0.25, 0.3) is 15.0 Å². The van der Waals surface area contributed by atoms with Crippen LogP contribution < -0.4 is 0 Å². The van der Waals surface area contributed by atoms with Crippen LogP contribution in [-0.4, -0.2) is 32.3 Å². The van der Waals surface area contributed by atoms with Crippen molar-refractivity contribution in [3.05, 3.63) is 28.8 Å². The molecule has 4 nitrogen and oxygen atoms in total. The number of carbonyl (C=O) groups is 1. The highest BCUT2D eigenvalue weighted by molar-refractivity contribution is 8.13. The predicted octanol–water partition coefficient (Wildman–Crippen LogP) is 2.96. The average Bonchev–Trinajstić information content (AvgIpc) is 2.70. The maximum absolute atomic E-state index is 12.6. The summed E-state index contributed by atoms with van der Waals surface area (Å²) in [5.74, 6) is 0.782. The Balaban J connectivity index is 2.42. The fourth-order valence-electron chi connectivity index (χ4n) is 2.68. The van der Waals surface area contributed by atoms with Crippen molar-refractivity contribution in [1.29, 1.82) is 0 Å². The fourth-order valence-corrected chi connectivity index (χ4v) is 3.96. The van der Waals surface area contributed by atoms with Gasteiger partial charge in [-0.25, -0.2) is 8.42 Å². The van der Waals surface area contributed by atoms with Gasteiger partial charge >= 0.3 is 0 Å². The Morgan fingerprint density at radius 3 is 2.19 bits per heavy atom. The first kappa shape index (κ1) is 16.3. The zero-order valence-electron chi connectivity index (χ0n) is 12.7. The molecule has 0 spiro atoms. The number of amides is 1. The van der Waals surface area contributed by atoms with Crippen LogP contribution in [0, 0.1) is 25.7 Å². The summed E-state index contributed by atoms with van der Waals surface area (Å²) in [6.07, 6.45) is 0. The third-order valence-electron chi connectivity index (χ3n) is 4.40. The third kappa shape index (κ3) is 3.24. The zero-order chi connectivity index (χ0) is 15.9. The second-order valence-corrected chi connectivity index (χ2v) is 8.55. The molecule has 1 saturated heterocycles. The van der Waals surface area contributed by atoms with Gasteiger partial charge in [-0.3, -0.25) is 4.79 Å². The van der Waals surface area contributed by atoms with Crippen molar-refractivity contribution in [3.63, 3.8) is 0 Å². The molecule has 1 aromatic carbocycles. The van der Waals surface area contributed by atoms with Gasteiger partial charge in [-0.2, -0.15) is 0 Å². The number of rotatable bonds is 2. The minimum atomic E-state index is -3.86. The Bertz CT molecular complexity index is 674. The summed E-state index contributed by atoms with van der Waals surface area (Å²) in [6.45, 7) is 9.12. The second kappa shape index (κ2) is 5.61. The van der Waals surface area contributed by atoms with E-state index in [1.54, 1.807) is 24.8 Å². The summed E-state index contributed by atoms with van der Waals surface area (Å²) in [5.41, 5.74) is 1.73. The van der Waals surface area contributed by atoms with E-state index in [0.29, 0.717) is 36.1 Å². The molecule has 1 heterocycles. The Hall–Kier alpha value is -1.07. The predicted molar refractivity (Wildman–Crippen MR) is 83.2 cm³/mol. The molecule has 0 N–H and O–H groups in total. The molecule has 21 heavy (non-hydrogen) atoms. The normalized spacial score (nSPS) is 22.6. The van der Waals surface area contributed by atoms with Crippen LogP contribution in [0.5, 0.6) is 0 Å². The Morgan fingerprint density at radius 1 is 1.19 bits per heavy atom. The van der Waals surface area contributed by atoms with Crippen LogP contribution in [0.2, 0.25) is 0 Å². The maximum atomic E-state index is 12.6. The van der Waals surface area contributed by atoms with Crippen molar-refractivity contribution < 1.29 is 13.2 Å². The van der Waals surface area contributed by atoms with Crippen molar-refractivity contribution in [3.8, 4) is 0 Å². The van der Waals surface area contributed by atoms with E-state index in [0.717, 1.165) is 5.56 Å². The molecular formula is C15H20ClNO3S. The number of halogens is 1. The van der Waals surface area contributed by atoms with Gasteiger partial charge in [0.15, 0.2) is 0 Å². The van der Waals surface area contributed by atoms with Crippen molar-refractivity contribution in [2.75, 3.05) is 13.1 Å². The van der Waals surface area contributed by atoms with Gasteiger partial charge in [0.2, 0.25) is 0 Å². The molecule has 2 unspecified atom stereocenters. The Kier molecular flexibility index (Phi) is 4.36. The lowest BCUT2D eigenvalue weighted by Gasteiger charge is -2.17. The highest BCUT2D eigenvalue weighted by atomic mass is 35.7. The van der Waals surface area contributed by atoms with Crippen LogP contribution in [0.15, 0.2) is 17.0 Å². The molecule has 1 aliphatic heterocycles. The topological polar surface area (TPSA) is 54.5 Å². The van der Waals surface area contributed by atoms with E-state index in [4.69, 9.17) is 10.7 Å². The first-order valence-corrected chi connectivity index (χ1v) is 9.27. The molecule has 0 saturated carbocycles. The molecule has 0 bridgehead atoms. The lowest BCUT2D eigenvalue weighted by Crippen LogP contribution is -2.29. The summed E-state index contributed by atoms with van der Waals surface area (Å²) in [7, 11) is 1.61. The van der Waals surface area contributed by atoms with E-state index in [1.807, 2.05) is 0 Å². The van der Waals surface area contributed by atoms with Crippen LogP contribution in [0.4, 0.5) is 0 Å². The van der Waals surface area contributed by atoms with E-state index in [1.165, 1.54) is 6.07 Å². The molecular weight excluding hydrogens is 310 g/mol. The van der Waals surface area contributed by atoms with E-state index < -0.39 is 9.05 Å². The SMILES string of the molecule is Cc1cc(C(=O)N2CC(C)C(C)C2)cc(S(=O)(=O)Cl)c1C. The van der Waals surface area contributed by atoms with Gasteiger partial charge in [0.05, 0.1) is 4.90 Å². The Labute approximate surface area is 130 Å². The first-order valence-electron chi connectivity index (χ1n) is 6.96. The van der Waals surface area contributed by atoms with Crippen molar-refractivity contribution in [2.24, 2.45) is 11.8 Å². The molecule has 1 amide bonds. The standard InChI is InChI=1S/C15H20ClNO3S/c1-9-5-13(6-14(12(9)4)21(16,19)20)15(18)17-7-10(2)11(3)8-17/h5-6,10-11H,7-8H2,1-4H3. The van der Waals surface area contributed by atoms with Crippen LogP contribution in [0.25, 0.3) is 0 Å². The van der Waals surface area contributed by atoms with Gasteiger partial charge in [0, 0.05) is 29.3 Å². The van der Waals surface area contributed by atoms with Crippen LogP contribution in [0.1, 0.15) is 35.3 Å². The van der Waals surface area contributed by atoms with Gasteiger partial charge in [0.1, 0.15) is 0 Å². The molecule has 1 aromatic rings. The lowest BCUT2D eigenvalue weighted by atomic mass is 10.0. The Morgan fingerprint density at radius 2 is 1.71 bits per heavy atom. The van der Waals surface area contributed by atoms with E-state index in [-0.39, 0.29) is 10.8 Å². The summed E-state index contributed by atoms with van der Waals surface area (Å²) in [4.78, 5) is 14.4. The smallest absolute Gasteiger partial charge is 0.261 e. The van der Waals surface area contributed by atoms with Crippen molar-refractivity contribution in [1.82, 2.24) is 4.90 Å². The maximum Gasteiger partial charge on any atom is 0.261 e. The van der Waals surface area contributed by atoms with E-state index in [2.05, 4.69) is 13.8 Å². The third-order valence-corrected chi connectivity index (χ3v) is 5.85. The van der Waals surface area contributed by atoms with Crippen LogP contribution >= 0.6 is 10.7 Å². The summed E-state index contributed by atoms with van der Waals surface area (Å²) < 4.78 is 23.3. The quantitative estimate of drug-likeness (QED) is 0.784. The van der Waals surface area contributed by atoms with Crippen molar-refractivity contribution >= 4 is 25.6 Å². The van der Waals surface area contributed by atoms with Crippen LogP contribution in [-0.2, 0) is 9.05 Å². The van der Waals surface area contributed by atoms with Gasteiger partial charge < -0.3 is 4.90 Å². The summed E-state index contributed by atoms with van der Waals surface area (Å²) >= 11 is 0. The molecule has 1 aliphatic rings. The molecule has 0 aliphatic carbocycles. The first-order chi connectivity index (χ1) is 9.61. The molecule has 0 radical (unpaired) electrons. The number of nitrogens with zero attached hydrogens (tertiary/aromatic N) is 1. The molecule has 6 heteroatoms. The molecule has 2 atom stereocenters. The van der Waals surface area contributed by atoms with Crippen LogP contribution in [0.3, 0.4) is 0 Å². The minimum absolute atomic E-state index is 0.0211. The minimum Gasteiger partial charge on any atom is -0.338 e. The molecule has 1 fully saturated rings. The van der Waals surface area contributed by atoms with Gasteiger partial charge in [-0.05, 0) is 48.9 Å². The lowest BCUT2D eigenvalue weighted by molar-refractivity contribution is 0.0784. The summed E-state index contributed by atoms with van der Waals surface area (Å²) in [5, 5.41) is 0. The monoisotopic (exact) mass is 329 g/mol. The molecule has 0 aromatic heterocycles. The number of aryl methyl sites for hydroxylation is 1. The van der Waals surface area contributed by atoms with Crippen molar-refractivity contribution in [2.45, 2.75) is 32.6 Å². The second-order valence-electron chi connectivity index (χ2n) is 6.02. The number of likely N-dealkylation sites (tertiary alicyclic amines) is 1. The average molecular weight is 330 g/mol. The van der Waals surface area contributed by atoms with E-state index in [9.17, 15) is 13.2 Å². The zero-order valence-corrected chi connectivity index (χ0v) is 14.3. The van der Waals surface area contributed by atoms with Gasteiger partial charge in [-0.1, -0.05) is 13.8 Å². The van der Waals surface area contributed by atoms with E-state index >= 15 is 0 Å². The number of hydrogen-bond acceptors (Lipinski definition) is 3. The molecule has 2 rings (SSSR count). The number of carbonyl (C=O) groups excluding carboxylic acids is 1. The number of hydrogen-bond donors (Lipinski definition) is 0. The fraction of sp³-hybridized carbons (Fsp3) is 0.533. The molecule has 116 valence electrons. The highest BCUT2D eigenvalue weighted by Crippen LogP contribution is 2.27. The number of benzene rings is 1. The largest absolute Gasteiger partial charge is 0.338 e. The summed E-state index contributed by atoms with van der Waals surface area (Å²) in [6, 6.07) is 3.12.